The summed E-state index contributed by atoms with van der Waals surface area (Å²) in [6, 6.07) is 15.1. The maximum Gasteiger partial charge on any atom is 0.287 e. The van der Waals surface area contributed by atoms with E-state index in [-0.39, 0.29) is 18.1 Å². The van der Waals surface area contributed by atoms with E-state index < -0.39 is 0 Å². The molecule has 26 heavy (non-hydrogen) atoms. The summed E-state index contributed by atoms with van der Waals surface area (Å²) in [4.78, 5) is 13.0. The monoisotopic (exact) mass is 369 g/mol. The molecular weight excluding hydrogens is 350 g/mol. The van der Waals surface area contributed by atoms with Crippen molar-refractivity contribution in [1.82, 2.24) is 5.32 Å². The van der Waals surface area contributed by atoms with Crippen molar-refractivity contribution in [3.8, 4) is 0 Å². The molecule has 4 nitrogen and oxygen atoms in total. The van der Waals surface area contributed by atoms with Gasteiger partial charge in [-0.3, -0.25) is 4.79 Å². The minimum absolute atomic E-state index is 0.0273. The number of furan rings is 1. The third-order valence-electron chi connectivity index (χ3n) is 4.89. The van der Waals surface area contributed by atoms with Gasteiger partial charge in [-0.1, -0.05) is 41.9 Å². The predicted molar refractivity (Wildman–Crippen MR) is 102 cm³/mol. The molecule has 1 fully saturated rings. The number of carbonyl (C=O) groups excluding carboxylic acids is 1. The van der Waals surface area contributed by atoms with Crippen LogP contribution in [0, 0.1) is 6.92 Å². The number of amides is 1. The molecular formula is C21H20ClNO3. The van der Waals surface area contributed by atoms with Gasteiger partial charge >= 0.3 is 0 Å². The molecule has 0 bridgehead atoms. The van der Waals surface area contributed by atoms with Crippen LogP contribution >= 0.6 is 11.6 Å². The van der Waals surface area contributed by atoms with Gasteiger partial charge in [0.15, 0.2) is 5.76 Å². The minimum Gasteiger partial charge on any atom is -0.451 e. The summed E-state index contributed by atoms with van der Waals surface area (Å²) in [5.41, 5.74) is 2.48. The maximum absolute atomic E-state index is 13.0. The normalized spacial score (nSPS) is 18.2. The Morgan fingerprint density at radius 2 is 2.04 bits per heavy atom. The van der Waals surface area contributed by atoms with Gasteiger partial charge in [0.2, 0.25) is 0 Å². The molecule has 2 aromatic carbocycles. The van der Waals surface area contributed by atoms with E-state index in [0.717, 1.165) is 36.0 Å². The number of ether oxygens (including phenoxy) is 1. The van der Waals surface area contributed by atoms with Gasteiger partial charge in [0.05, 0.1) is 12.1 Å². The van der Waals surface area contributed by atoms with Crippen LogP contribution in [0.2, 0.25) is 5.02 Å². The van der Waals surface area contributed by atoms with Gasteiger partial charge in [0, 0.05) is 22.6 Å². The molecule has 0 unspecified atom stereocenters. The van der Waals surface area contributed by atoms with Crippen LogP contribution in [0.5, 0.6) is 0 Å². The summed E-state index contributed by atoms with van der Waals surface area (Å²) in [5, 5.41) is 4.59. The van der Waals surface area contributed by atoms with Crippen molar-refractivity contribution in [2.45, 2.75) is 31.9 Å². The third-order valence-corrected chi connectivity index (χ3v) is 5.12. The first kappa shape index (κ1) is 17.1. The second kappa shape index (κ2) is 7.14. The van der Waals surface area contributed by atoms with Crippen LogP contribution in [-0.2, 0) is 4.74 Å². The Morgan fingerprint density at radius 3 is 2.77 bits per heavy atom. The lowest BCUT2D eigenvalue weighted by Gasteiger charge is -2.24. The molecule has 1 aliphatic heterocycles. The van der Waals surface area contributed by atoms with Crippen molar-refractivity contribution in [3.05, 3.63) is 70.4 Å². The van der Waals surface area contributed by atoms with E-state index in [0.29, 0.717) is 16.4 Å². The van der Waals surface area contributed by atoms with Gasteiger partial charge < -0.3 is 14.5 Å². The summed E-state index contributed by atoms with van der Waals surface area (Å²) in [6.07, 6.45) is 1.90. The van der Waals surface area contributed by atoms with Crippen LogP contribution in [-0.4, -0.2) is 18.6 Å². The number of fused-ring (bicyclic) bond motifs is 1. The van der Waals surface area contributed by atoms with Crippen molar-refractivity contribution in [1.29, 1.82) is 0 Å². The van der Waals surface area contributed by atoms with E-state index in [2.05, 4.69) is 5.32 Å². The van der Waals surface area contributed by atoms with Crippen LogP contribution in [0.4, 0.5) is 0 Å². The Hall–Kier alpha value is -2.30. The van der Waals surface area contributed by atoms with E-state index in [1.54, 1.807) is 12.1 Å². The molecule has 0 radical (unpaired) electrons. The fourth-order valence-corrected chi connectivity index (χ4v) is 3.71. The van der Waals surface area contributed by atoms with Gasteiger partial charge in [-0.05, 0) is 43.5 Å². The molecule has 3 aromatic rings. The Balaban J connectivity index is 1.65. The topological polar surface area (TPSA) is 51.5 Å². The molecule has 0 spiro atoms. The molecule has 2 atom stereocenters. The Kier molecular flexibility index (Phi) is 4.70. The molecule has 2 heterocycles. The number of carbonyl (C=O) groups is 1. The Bertz CT molecular complexity index is 929. The highest BCUT2D eigenvalue weighted by molar-refractivity contribution is 6.31. The molecule has 1 saturated heterocycles. The molecule has 1 aliphatic rings. The highest BCUT2D eigenvalue weighted by atomic mass is 35.5. The highest BCUT2D eigenvalue weighted by Gasteiger charge is 2.30. The van der Waals surface area contributed by atoms with Crippen molar-refractivity contribution in [2.24, 2.45) is 0 Å². The summed E-state index contributed by atoms with van der Waals surface area (Å²) >= 11 is 6.07. The predicted octanol–water partition coefficient (Wildman–Crippen LogP) is 5.04. The van der Waals surface area contributed by atoms with Crippen LogP contribution in [0.1, 0.15) is 40.6 Å². The minimum atomic E-state index is -0.237. The molecule has 4 rings (SSSR count). The van der Waals surface area contributed by atoms with Crippen molar-refractivity contribution in [3.63, 3.8) is 0 Å². The number of halogens is 1. The third kappa shape index (κ3) is 3.22. The first-order chi connectivity index (χ1) is 12.6. The standard InChI is InChI=1S/C21H20ClNO3/c1-13-16-12-15(22)9-10-17(16)26-20(13)21(24)23-19(18-8-5-11-25-18)14-6-3-2-4-7-14/h2-4,6-7,9-10,12,18-19H,5,8,11H2,1H3,(H,23,24)/t18-,19-/m1/s1. The molecule has 0 aliphatic carbocycles. The van der Waals surface area contributed by atoms with E-state index in [9.17, 15) is 4.79 Å². The van der Waals surface area contributed by atoms with Gasteiger partial charge in [0.1, 0.15) is 5.58 Å². The lowest BCUT2D eigenvalue weighted by molar-refractivity contribution is 0.0658. The maximum atomic E-state index is 13.0. The number of rotatable bonds is 4. The van der Waals surface area contributed by atoms with Crippen molar-refractivity contribution >= 4 is 28.5 Å². The number of hydrogen-bond acceptors (Lipinski definition) is 3. The molecule has 0 saturated carbocycles. The van der Waals surface area contributed by atoms with Crippen LogP contribution < -0.4 is 5.32 Å². The van der Waals surface area contributed by atoms with Crippen molar-refractivity contribution in [2.75, 3.05) is 6.61 Å². The zero-order chi connectivity index (χ0) is 18.1. The number of benzene rings is 2. The van der Waals surface area contributed by atoms with E-state index >= 15 is 0 Å². The fourth-order valence-electron chi connectivity index (χ4n) is 3.53. The summed E-state index contributed by atoms with van der Waals surface area (Å²) < 4.78 is 11.7. The molecule has 5 heteroatoms. The lowest BCUT2D eigenvalue weighted by Crippen LogP contribution is -2.36. The smallest absolute Gasteiger partial charge is 0.287 e. The number of aryl methyl sites for hydroxylation is 1. The fraction of sp³-hybridized carbons (Fsp3) is 0.286. The summed E-state index contributed by atoms with van der Waals surface area (Å²) in [6.45, 7) is 2.60. The lowest BCUT2D eigenvalue weighted by atomic mass is 9.99. The number of nitrogens with one attached hydrogen (secondary N) is 1. The zero-order valence-corrected chi connectivity index (χ0v) is 15.3. The van der Waals surface area contributed by atoms with Crippen molar-refractivity contribution < 1.29 is 13.9 Å². The average Bonchev–Trinajstić information content (AvgIpc) is 3.29. The number of hydrogen-bond donors (Lipinski definition) is 1. The van der Waals surface area contributed by atoms with Gasteiger partial charge in [-0.15, -0.1) is 0 Å². The van der Waals surface area contributed by atoms with Gasteiger partial charge in [0.25, 0.3) is 5.91 Å². The quantitative estimate of drug-likeness (QED) is 0.700. The van der Waals surface area contributed by atoms with Crippen LogP contribution in [0.15, 0.2) is 52.9 Å². The van der Waals surface area contributed by atoms with Gasteiger partial charge in [-0.2, -0.15) is 0 Å². The molecule has 134 valence electrons. The summed E-state index contributed by atoms with van der Waals surface area (Å²) in [5.74, 6) is 0.0837. The SMILES string of the molecule is Cc1c(C(=O)N[C@H](c2ccccc2)[C@H]2CCCO2)oc2ccc(Cl)cc12. The van der Waals surface area contributed by atoms with Gasteiger partial charge in [-0.25, -0.2) is 0 Å². The average molecular weight is 370 g/mol. The molecule has 1 aromatic heterocycles. The van der Waals surface area contributed by atoms with Crippen LogP contribution in [0.3, 0.4) is 0 Å². The van der Waals surface area contributed by atoms with E-state index in [1.807, 2.05) is 43.3 Å². The zero-order valence-electron chi connectivity index (χ0n) is 14.5. The first-order valence-corrected chi connectivity index (χ1v) is 9.17. The second-order valence-corrected chi connectivity index (χ2v) is 7.05. The van der Waals surface area contributed by atoms with E-state index in [1.165, 1.54) is 0 Å². The van der Waals surface area contributed by atoms with E-state index in [4.69, 9.17) is 20.8 Å². The molecule has 1 amide bonds. The molecule has 1 N–H and O–H groups in total. The van der Waals surface area contributed by atoms with Crippen LogP contribution in [0.25, 0.3) is 11.0 Å². The second-order valence-electron chi connectivity index (χ2n) is 6.61. The Morgan fingerprint density at radius 1 is 1.23 bits per heavy atom. The largest absolute Gasteiger partial charge is 0.451 e. The Labute approximate surface area is 157 Å². The highest BCUT2D eigenvalue weighted by Crippen LogP contribution is 2.30. The summed E-state index contributed by atoms with van der Waals surface area (Å²) in [7, 11) is 0. The first-order valence-electron chi connectivity index (χ1n) is 8.79.